The first kappa shape index (κ1) is 15.5. The fraction of sp³-hybridized carbons (Fsp3) is 0.385. The Labute approximate surface area is 121 Å². The zero-order valence-electron chi connectivity index (χ0n) is 11.1. The van der Waals surface area contributed by atoms with Crippen molar-refractivity contribution >= 4 is 27.7 Å². The van der Waals surface area contributed by atoms with E-state index in [0.717, 1.165) is 10.0 Å². The number of rotatable bonds is 5. The second-order valence-corrected chi connectivity index (χ2v) is 5.06. The molecule has 0 fully saturated rings. The van der Waals surface area contributed by atoms with E-state index in [9.17, 15) is 4.79 Å². The van der Waals surface area contributed by atoms with Gasteiger partial charge in [-0.2, -0.15) is 0 Å². The molecule has 19 heavy (non-hydrogen) atoms. The van der Waals surface area contributed by atoms with Crippen molar-refractivity contribution in [2.45, 2.75) is 20.3 Å². The molecule has 0 aliphatic carbocycles. The molecule has 0 aliphatic heterocycles. The second-order valence-electron chi connectivity index (χ2n) is 4.21. The van der Waals surface area contributed by atoms with Crippen molar-refractivity contribution in [3.05, 3.63) is 33.8 Å². The van der Waals surface area contributed by atoms with Gasteiger partial charge in [0, 0.05) is 24.0 Å². The molecule has 1 aromatic rings. The lowest BCUT2D eigenvalue weighted by molar-refractivity contribution is 0.0767. The van der Waals surface area contributed by atoms with Crippen LogP contribution in [-0.4, -0.2) is 34.9 Å². The minimum absolute atomic E-state index is 0.0693. The summed E-state index contributed by atoms with van der Waals surface area (Å²) in [7, 11) is 0. The predicted molar refractivity (Wildman–Crippen MR) is 78.5 cm³/mol. The molecule has 1 rings (SSSR count). The van der Waals surface area contributed by atoms with Gasteiger partial charge in [0.1, 0.15) is 5.84 Å². The van der Waals surface area contributed by atoms with Gasteiger partial charge in [-0.15, -0.1) is 0 Å². The molecule has 0 bridgehead atoms. The van der Waals surface area contributed by atoms with Gasteiger partial charge < -0.3 is 15.8 Å². The zero-order valence-corrected chi connectivity index (χ0v) is 12.6. The molecule has 1 aromatic carbocycles. The number of hydrogen-bond donors (Lipinski definition) is 2. The summed E-state index contributed by atoms with van der Waals surface area (Å²) < 4.78 is 0.778. The fourth-order valence-electron chi connectivity index (χ4n) is 1.67. The SMILES string of the molecule is CCN(CC/C(N)=N/O)C(=O)c1ccc(C)cc1Br. The molecule has 0 aliphatic rings. The van der Waals surface area contributed by atoms with Crippen molar-refractivity contribution in [1.82, 2.24) is 4.90 Å². The fourth-order valence-corrected chi connectivity index (χ4v) is 2.33. The van der Waals surface area contributed by atoms with E-state index in [0.29, 0.717) is 25.1 Å². The number of carbonyl (C=O) groups excluding carboxylic acids is 1. The maximum Gasteiger partial charge on any atom is 0.255 e. The molecule has 104 valence electrons. The monoisotopic (exact) mass is 327 g/mol. The highest BCUT2D eigenvalue weighted by atomic mass is 79.9. The normalized spacial score (nSPS) is 11.4. The van der Waals surface area contributed by atoms with E-state index in [4.69, 9.17) is 10.9 Å². The Morgan fingerprint density at radius 1 is 1.53 bits per heavy atom. The van der Waals surface area contributed by atoms with Crippen LogP contribution in [0, 0.1) is 6.92 Å². The molecule has 1 amide bonds. The van der Waals surface area contributed by atoms with Gasteiger partial charge in [0.25, 0.3) is 5.91 Å². The molecule has 0 unspecified atom stereocenters. The van der Waals surface area contributed by atoms with E-state index in [1.807, 2.05) is 26.0 Å². The minimum atomic E-state index is -0.0693. The van der Waals surface area contributed by atoms with Crippen molar-refractivity contribution in [2.24, 2.45) is 10.9 Å². The Hall–Kier alpha value is -1.56. The molecular formula is C13H18BrN3O2. The first-order chi connectivity index (χ1) is 8.99. The van der Waals surface area contributed by atoms with E-state index in [1.165, 1.54) is 0 Å². The molecule has 3 N–H and O–H groups in total. The smallest absolute Gasteiger partial charge is 0.255 e. The summed E-state index contributed by atoms with van der Waals surface area (Å²) in [4.78, 5) is 14.0. The van der Waals surface area contributed by atoms with Crippen LogP contribution in [0.25, 0.3) is 0 Å². The van der Waals surface area contributed by atoms with Gasteiger partial charge >= 0.3 is 0 Å². The molecule has 5 nitrogen and oxygen atoms in total. The van der Waals surface area contributed by atoms with Crippen LogP contribution in [-0.2, 0) is 0 Å². The largest absolute Gasteiger partial charge is 0.409 e. The number of oxime groups is 1. The molecule has 6 heteroatoms. The summed E-state index contributed by atoms with van der Waals surface area (Å²) in [5, 5.41) is 11.4. The number of nitrogens with two attached hydrogens (primary N) is 1. The van der Waals surface area contributed by atoms with Crippen LogP contribution in [0.15, 0.2) is 27.8 Å². The van der Waals surface area contributed by atoms with Crippen LogP contribution in [0.3, 0.4) is 0 Å². The van der Waals surface area contributed by atoms with Crippen molar-refractivity contribution in [3.8, 4) is 0 Å². The zero-order chi connectivity index (χ0) is 14.4. The average molecular weight is 328 g/mol. The highest BCUT2D eigenvalue weighted by Gasteiger charge is 2.17. The molecule has 0 atom stereocenters. The molecule has 0 saturated carbocycles. The van der Waals surface area contributed by atoms with E-state index >= 15 is 0 Å². The molecule has 0 spiro atoms. The van der Waals surface area contributed by atoms with Crippen LogP contribution in [0.4, 0.5) is 0 Å². The van der Waals surface area contributed by atoms with Gasteiger partial charge in [-0.05, 0) is 47.5 Å². The van der Waals surface area contributed by atoms with Crippen LogP contribution in [0.5, 0.6) is 0 Å². The summed E-state index contributed by atoms with van der Waals surface area (Å²) in [6.45, 7) is 4.85. The number of amides is 1. The Morgan fingerprint density at radius 3 is 2.74 bits per heavy atom. The maximum atomic E-state index is 12.4. The number of benzene rings is 1. The average Bonchev–Trinajstić information content (AvgIpc) is 2.38. The third kappa shape index (κ3) is 4.24. The minimum Gasteiger partial charge on any atom is -0.409 e. The van der Waals surface area contributed by atoms with Gasteiger partial charge in [0.2, 0.25) is 0 Å². The summed E-state index contributed by atoms with van der Waals surface area (Å²) in [6, 6.07) is 5.61. The van der Waals surface area contributed by atoms with E-state index in [2.05, 4.69) is 21.1 Å². The standard InChI is InChI=1S/C13H18BrN3O2/c1-3-17(7-6-12(15)16-19)13(18)10-5-4-9(2)8-11(10)14/h4-5,8,19H,3,6-7H2,1-2H3,(H2,15,16). The number of carbonyl (C=O) groups is 1. The van der Waals surface area contributed by atoms with Crippen molar-refractivity contribution in [2.75, 3.05) is 13.1 Å². The molecular weight excluding hydrogens is 310 g/mol. The predicted octanol–water partition coefficient (Wildman–Crippen LogP) is 2.36. The molecule has 0 aromatic heterocycles. The van der Waals surface area contributed by atoms with Gasteiger partial charge in [-0.25, -0.2) is 0 Å². The van der Waals surface area contributed by atoms with E-state index in [1.54, 1.807) is 11.0 Å². The topological polar surface area (TPSA) is 78.9 Å². The lowest BCUT2D eigenvalue weighted by Gasteiger charge is -2.21. The molecule has 0 saturated heterocycles. The third-order valence-electron chi connectivity index (χ3n) is 2.79. The van der Waals surface area contributed by atoms with Crippen LogP contribution in [0.2, 0.25) is 0 Å². The van der Waals surface area contributed by atoms with Crippen molar-refractivity contribution in [3.63, 3.8) is 0 Å². The summed E-state index contributed by atoms with van der Waals surface area (Å²) in [6.07, 6.45) is 0.347. The Bertz CT molecular complexity index is 489. The summed E-state index contributed by atoms with van der Waals surface area (Å²) in [5.41, 5.74) is 7.12. The number of halogens is 1. The number of aryl methyl sites for hydroxylation is 1. The van der Waals surface area contributed by atoms with Crippen molar-refractivity contribution < 1.29 is 10.0 Å². The maximum absolute atomic E-state index is 12.4. The van der Waals surface area contributed by atoms with E-state index in [-0.39, 0.29) is 11.7 Å². The first-order valence-electron chi connectivity index (χ1n) is 6.01. The van der Waals surface area contributed by atoms with Crippen molar-refractivity contribution in [1.29, 1.82) is 0 Å². The van der Waals surface area contributed by atoms with Crippen LogP contribution >= 0.6 is 15.9 Å². The van der Waals surface area contributed by atoms with Crippen LogP contribution in [0.1, 0.15) is 29.3 Å². The highest BCUT2D eigenvalue weighted by Crippen LogP contribution is 2.20. The quantitative estimate of drug-likeness (QED) is 0.377. The second kappa shape index (κ2) is 7.13. The first-order valence-corrected chi connectivity index (χ1v) is 6.80. The third-order valence-corrected chi connectivity index (χ3v) is 3.45. The molecule has 0 heterocycles. The highest BCUT2D eigenvalue weighted by molar-refractivity contribution is 9.10. The van der Waals surface area contributed by atoms with Gasteiger partial charge in [0.05, 0.1) is 5.56 Å². The molecule has 0 radical (unpaired) electrons. The lowest BCUT2D eigenvalue weighted by atomic mass is 10.1. The number of hydrogen-bond acceptors (Lipinski definition) is 3. The summed E-state index contributed by atoms with van der Waals surface area (Å²) in [5.74, 6) is 0.0503. The van der Waals surface area contributed by atoms with Gasteiger partial charge in [-0.1, -0.05) is 11.2 Å². The number of amidine groups is 1. The van der Waals surface area contributed by atoms with Gasteiger partial charge in [0.15, 0.2) is 0 Å². The van der Waals surface area contributed by atoms with E-state index < -0.39 is 0 Å². The van der Waals surface area contributed by atoms with Crippen LogP contribution < -0.4 is 5.73 Å². The Balaban J connectivity index is 2.83. The summed E-state index contributed by atoms with van der Waals surface area (Å²) >= 11 is 3.40. The lowest BCUT2D eigenvalue weighted by Crippen LogP contribution is -2.34. The Morgan fingerprint density at radius 2 is 2.21 bits per heavy atom. The number of nitrogens with zero attached hydrogens (tertiary/aromatic N) is 2. The Kier molecular flexibility index (Phi) is 5.82. The van der Waals surface area contributed by atoms with Gasteiger partial charge in [-0.3, -0.25) is 4.79 Å².